The third-order valence-corrected chi connectivity index (χ3v) is 2.72. The van der Waals surface area contributed by atoms with E-state index in [0.717, 1.165) is 6.26 Å². The standard InChI is InChI=1S/C13H19NO6/c1-18-6-5-14(4-3-13(17)19-2)8-10-7-11(15)12(16)9-20-10/h7,9,16H,3-6,8H2,1-2H3. The van der Waals surface area contributed by atoms with Gasteiger partial charge in [-0.1, -0.05) is 0 Å². The maximum Gasteiger partial charge on any atom is 0.306 e. The zero-order valence-electron chi connectivity index (χ0n) is 11.6. The van der Waals surface area contributed by atoms with Crippen molar-refractivity contribution in [3.63, 3.8) is 0 Å². The minimum absolute atomic E-state index is 0.239. The van der Waals surface area contributed by atoms with Crippen LogP contribution < -0.4 is 5.43 Å². The molecule has 0 saturated heterocycles. The molecule has 0 radical (unpaired) electrons. The SMILES string of the molecule is COCCN(CCC(=O)OC)Cc1cc(=O)c(O)co1. The molecule has 0 unspecified atom stereocenters. The number of aromatic hydroxyl groups is 1. The summed E-state index contributed by atoms with van der Waals surface area (Å²) in [6.45, 7) is 1.87. The summed E-state index contributed by atoms with van der Waals surface area (Å²) in [6.07, 6.45) is 1.25. The highest BCUT2D eigenvalue weighted by Crippen LogP contribution is 2.07. The minimum atomic E-state index is -0.495. The van der Waals surface area contributed by atoms with Crippen LogP contribution >= 0.6 is 0 Å². The second kappa shape index (κ2) is 8.34. The maximum atomic E-state index is 11.3. The smallest absolute Gasteiger partial charge is 0.306 e. The molecule has 1 N–H and O–H groups in total. The maximum absolute atomic E-state index is 11.3. The topological polar surface area (TPSA) is 89.2 Å². The molecule has 0 fully saturated rings. The molecule has 0 saturated carbocycles. The molecule has 0 atom stereocenters. The molecule has 1 aromatic rings. The zero-order valence-corrected chi connectivity index (χ0v) is 11.6. The lowest BCUT2D eigenvalue weighted by Gasteiger charge is -2.20. The van der Waals surface area contributed by atoms with Gasteiger partial charge in [0.05, 0.1) is 26.7 Å². The van der Waals surface area contributed by atoms with Gasteiger partial charge in [-0.15, -0.1) is 0 Å². The Bertz CT molecular complexity index is 484. The van der Waals surface area contributed by atoms with Crippen molar-refractivity contribution in [2.24, 2.45) is 0 Å². The van der Waals surface area contributed by atoms with Gasteiger partial charge in [0.2, 0.25) is 5.43 Å². The van der Waals surface area contributed by atoms with Gasteiger partial charge < -0.3 is 19.0 Å². The number of rotatable bonds is 8. The van der Waals surface area contributed by atoms with E-state index in [1.807, 2.05) is 4.90 Å². The van der Waals surface area contributed by atoms with Crippen molar-refractivity contribution in [3.05, 3.63) is 28.3 Å². The molecule has 7 heteroatoms. The number of esters is 1. The highest BCUT2D eigenvalue weighted by Gasteiger charge is 2.11. The number of hydrogen-bond donors (Lipinski definition) is 1. The summed E-state index contributed by atoms with van der Waals surface area (Å²) >= 11 is 0. The number of carbonyl (C=O) groups is 1. The Kier molecular flexibility index (Phi) is 6.75. The Labute approximate surface area is 116 Å². The van der Waals surface area contributed by atoms with Crippen molar-refractivity contribution < 1.29 is 23.8 Å². The van der Waals surface area contributed by atoms with Gasteiger partial charge in [0.1, 0.15) is 12.0 Å². The fraction of sp³-hybridized carbons (Fsp3) is 0.538. The quantitative estimate of drug-likeness (QED) is 0.690. The van der Waals surface area contributed by atoms with E-state index in [9.17, 15) is 9.59 Å². The second-order valence-electron chi connectivity index (χ2n) is 4.19. The van der Waals surface area contributed by atoms with E-state index in [2.05, 4.69) is 4.74 Å². The summed E-state index contributed by atoms with van der Waals surface area (Å²) in [5, 5.41) is 9.13. The molecule has 7 nitrogen and oxygen atoms in total. The van der Waals surface area contributed by atoms with E-state index in [1.54, 1.807) is 7.11 Å². The van der Waals surface area contributed by atoms with E-state index in [0.29, 0.717) is 32.0 Å². The Morgan fingerprint density at radius 1 is 1.40 bits per heavy atom. The number of ether oxygens (including phenoxy) is 2. The molecule has 1 aromatic heterocycles. The summed E-state index contributed by atoms with van der Waals surface area (Å²) in [5.41, 5.74) is -0.495. The van der Waals surface area contributed by atoms with Crippen LogP contribution in [-0.2, 0) is 20.8 Å². The fourth-order valence-electron chi connectivity index (χ4n) is 1.59. The van der Waals surface area contributed by atoms with Crippen molar-refractivity contribution in [3.8, 4) is 5.75 Å². The van der Waals surface area contributed by atoms with Crippen LogP contribution in [0.15, 0.2) is 21.5 Å². The molecular weight excluding hydrogens is 266 g/mol. The fourth-order valence-corrected chi connectivity index (χ4v) is 1.59. The van der Waals surface area contributed by atoms with Gasteiger partial charge in [-0.25, -0.2) is 0 Å². The highest BCUT2D eigenvalue weighted by atomic mass is 16.5. The van der Waals surface area contributed by atoms with E-state index >= 15 is 0 Å². The van der Waals surface area contributed by atoms with Gasteiger partial charge in [-0.3, -0.25) is 14.5 Å². The van der Waals surface area contributed by atoms with Crippen molar-refractivity contribution >= 4 is 5.97 Å². The Morgan fingerprint density at radius 2 is 2.15 bits per heavy atom. The molecule has 112 valence electrons. The summed E-state index contributed by atoms with van der Waals surface area (Å²) < 4.78 is 14.7. The van der Waals surface area contributed by atoms with Crippen LogP contribution in [0, 0.1) is 0 Å². The van der Waals surface area contributed by atoms with E-state index in [4.69, 9.17) is 14.3 Å². The molecule has 1 heterocycles. The predicted octanol–water partition coefficient (Wildman–Crippen LogP) is 0.357. The van der Waals surface area contributed by atoms with Crippen molar-refractivity contribution in [2.45, 2.75) is 13.0 Å². The van der Waals surface area contributed by atoms with E-state index in [-0.39, 0.29) is 12.4 Å². The Hall–Kier alpha value is -1.86. The van der Waals surface area contributed by atoms with Crippen LogP contribution in [0.4, 0.5) is 0 Å². The van der Waals surface area contributed by atoms with E-state index in [1.165, 1.54) is 13.2 Å². The van der Waals surface area contributed by atoms with Crippen molar-refractivity contribution in [2.75, 3.05) is 33.9 Å². The first-order chi connectivity index (χ1) is 9.56. The zero-order chi connectivity index (χ0) is 15.0. The van der Waals surface area contributed by atoms with Crippen molar-refractivity contribution in [1.29, 1.82) is 0 Å². The van der Waals surface area contributed by atoms with Crippen LogP contribution in [0.25, 0.3) is 0 Å². The molecule has 0 aliphatic heterocycles. The van der Waals surface area contributed by atoms with Crippen LogP contribution in [-0.4, -0.2) is 49.9 Å². The number of nitrogens with zero attached hydrogens (tertiary/aromatic N) is 1. The normalized spacial score (nSPS) is 10.8. The number of methoxy groups -OCH3 is 2. The summed E-state index contributed by atoms with van der Waals surface area (Å²) in [6, 6.07) is 1.23. The molecular formula is C13H19NO6. The summed E-state index contributed by atoms with van der Waals surface area (Å²) in [4.78, 5) is 24.4. The van der Waals surface area contributed by atoms with Gasteiger partial charge in [0, 0.05) is 26.3 Å². The van der Waals surface area contributed by atoms with Gasteiger partial charge in [-0.2, -0.15) is 0 Å². The van der Waals surface area contributed by atoms with Crippen LogP contribution in [0.1, 0.15) is 12.2 Å². The van der Waals surface area contributed by atoms with Crippen LogP contribution in [0.5, 0.6) is 5.75 Å². The molecule has 0 aliphatic rings. The van der Waals surface area contributed by atoms with Gasteiger partial charge in [-0.05, 0) is 0 Å². The summed E-state index contributed by atoms with van der Waals surface area (Å²) in [5.74, 6) is -0.319. The van der Waals surface area contributed by atoms with Gasteiger partial charge >= 0.3 is 5.97 Å². The Morgan fingerprint density at radius 3 is 2.75 bits per heavy atom. The first-order valence-corrected chi connectivity index (χ1v) is 6.15. The van der Waals surface area contributed by atoms with Crippen LogP contribution in [0.3, 0.4) is 0 Å². The molecule has 0 amide bonds. The monoisotopic (exact) mass is 285 g/mol. The largest absolute Gasteiger partial charge is 0.502 e. The van der Waals surface area contributed by atoms with E-state index < -0.39 is 11.2 Å². The predicted molar refractivity (Wildman–Crippen MR) is 70.4 cm³/mol. The molecule has 0 aromatic carbocycles. The summed E-state index contributed by atoms with van der Waals surface area (Å²) in [7, 11) is 2.92. The lowest BCUT2D eigenvalue weighted by atomic mass is 10.3. The molecule has 0 spiro atoms. The van der Waals surface area contributed by atoms with Gasteiger partial charge in [0.15, 0.2) is 5.75 Å². The van der Waals surface area contributed by atoms with Crippen LogP contribution in [0.2, 0.25) is 0 Å². The third kappa shape index (κ3) is 5.41. The molecule has 0 bridgehead atoms. The first-order valence-electron chi connectivity index (χ1n) is 6.15. The minimum Gasteiger partial charge on any atom is -0.502 e. The highest BCUT2D eigenvalue weighted by molar-refractivity contribution is 5.69. The van der Waals surface area contributed by atoms with Gasteiger partial charge in [0.25, 0.3) is 0 Å². The Balaban J connectivity index is 2.64. The lowest BCUT2D eigenvalue weighted by Crippen LogP contribution is -2.30. The third-order valence-electron chi connectivity index (χ3n) is 2.72. The molecule has 0 aliphatic carbocycles. The lowest BCUT2D eigenvalue weighted by molar-refractivity contribution is -0.141. The second-order valence-corrected chi connectivity index (χ2v) is 4.19. The average molecular weight is 285 g/mol. The van der Waals surface area contributed by atoms with Crippen molar-refractivity contribution in [1.82, 2.24) is 4.90 Å². The number of carbonyl (C=O) groups excluding carboxylic acids is 1. The first kappa shape index (κ1) is 16.2. The molecule has 1 rings (SSSR count). The molecule has 20 heavy (non-hydrogen) atoms. The average Bonchev–Trinajstić information content (AvgIpc) is 2.45. The number of hydrogen-bond acceptors (Lipinski definition) is 7.